The van der Waals surface area contributed by atoms with Crippen LogP contribution in [0.1, 0.15) is 40.3 Å². The Hall–Kier alpha value is -3.03. The molecule has 0 atom stereocenters. The lowest BCUT2D eigenvalue weighted by Crippen LogP contribution is -2.48. The first-order valence-electron chi connectivity index (χ1n) is 10.7. The van der Waals surface area contributed by atoms with Gasteiger partial charge in [0.15, 0.2) is 0 Å². The molecule has 0 unspecified atom stereocenters. The fraction of sp³-hybridized carbons (Fsp3) is 0.375. The molecule has 4 heterocycles. The van der Waals surface area contributed by atoms with E-state index in [0.29, 0.717) is 32.0 Å². The van der Waals surface area contributed by atoms with E-state index < -0.39 is 5.60 Å². The van der Waals surface area contributed by atoms with Crippen molar-refractivity contribution in [3.63, 3.8) is 0 Å². The lowest BCUT2D eigenvalue weighted by molar-refractivity contribution is -0.0963. The van der Waals surface area contributed by atoms with E-state index in [2.05, 4.69) is 23.3 Å². The molecule has 7 nitrogen and oxygen atoms in total. The van der Waals surface area contributed by atoms with Crippen molar-refractivity contribution in [3.05, 3.63) is 77.4 Å². The maximum absolute atomic E-state index is 13.0. The minimum absolute atomic E-state index is 0.0429. The number of pyridine rings is 1. The number of amides is 1. The Morgan fingerprint density at radius 1 is 1.13 bits per heavy atom. The molecular weight excluding hydrogens is 392 g/mol. The molecule has 0 radical (unpaired) electrons. The van der Waals surface area contributed by atoms with Crippen LogP contribution in [0.3, 0.4) is 0 Å². The standard InChI is InChI=1S/C24H26N4O3/c1-30-17-19-6-5-9-21(25-19)23(29)27-13-11-24(12-14-27)22-18(10-15-31-24)16-28(26-22)20-7-3-2-4-8-20/h2-9,16H,10-15,17H2,1H3. The fourth-order valence-corrected chi connectivity index (χ4v) is 4.56. The van der Waals surface area contributed by atoms with E-state index in [1.54, 1.807) is 13.2 Å². The Morgan fingerprint density at radius 3 is 2.71 bits per heavy atom. The van der Waals surface area contributed by atoms with Gasteiger partial charge >= 0.3 is 0 Å². The molecule has 31 heavy (non-hydrogen) atoms. The molecule has 0 aliphatic carbocycles. The molecule has 7 heteroatoms. The Morgan fingerprint density at radius 2 is 1.94 bits per heavy atom. The average Bonchev–Trinajstić information content (AvgIpc) is 3.26. The summed E-state index contributed by atoms with van der Waals surface area (Å²) < 4.78 is 13.4. The third-order valence-electron chi connectivity index (χ3n) is 6.17. The van der Waals surface area contributed by atoms with Crippen LogP contribution in [0.25, 0.3) is 5.69 Å². The molecular formula is C24H26N4O3. The molecule has 0 N–H and O–H groups in total. The van der Waals surface area contributed by atoms with Crippen LogP contribution in [0.2, 0.25) is 0 Å². The highest BCUT2D eigenvalue weighted by molar-refractivity contribution is 5.92. The number of carbonyl (C=O) groups excluding carboxylic acids is 1. The van der Waals surface area contributed by atoms with Crippen LogP contribution < -0.4 is 0 Å². The summed E-state index contributed by atoms with van der Waals surface area (Å²) in [6.45, 7) is 2.31. The maximum atomic E-state index is 13.0. The summed E-state index contributed by atoms with van der Waals surface area (Å²) in [5.74, 6) is -0.0429. The monoisotopic (exact) mass is 418 g/mol. The van der Waals surface area contributed by atoms with E-state index in [1.807, 2.05) is 39.9 Å². The van der Waals surface area contributed by atoms with Gasteiger partial charge in [0.1, 0.15) is 11.3 Å². The summed E-state index contributed by atoms with van der Waals surface area (Å²) in [6, 6.07) is 15.6. The Kier molecular flexibility index (Phi) is 5.29. The second-order valence-corrected chi connectivity index (χ2v) is 8.12. The third-order valence-corrected chi connectivity index (χ3v) is 6.17. The lowest BCUT2D eigenvalue weighted by Gasteiger charge is -2.42. The molecule has 0 bridgehead atoms. The third kappa shape index (κ3) is 3.75. The van der Waals surface area contributed by atoms with Crippen molar-refractivity contribution in [2.45, 2.75) is 31.5 Å². The molecule has 1 aromatic carbocycles. The van der Waals surface area contributed by atoms with E-state index in [4.69, 9.17) is 14.6 Å². The van der Waals surface area contributed by atoms with E-state index in [9.17, 15) is 4.79 Å². The number of hydrogen-bond acceptors (Lipinski definition) is 5. The number of para-hydroxylation sites is 1. The van der Waals surface area contributed by atoms with E-state index in [-0.39, 0.29) is 5.91 Å². The second kappa shape index (κ2) is 8.24. The minimum atomic E-state index is -0.421. The topological polar surface area (TPSA) is 69.5 Å². The van der Waals surface area contributed by atoms with Crippen LogP contribution in [0.15, 0.2) is 54.7 Å². The summed E-state index contributed by atoms with van der Waals surface area (Å²) in [6.07, 6.45) is 4.45. The van der Waals surface area contributed by atoms with Crippen LogP contribution >= 0.6 is 0 Å². The van der Waals surface area contributed by atoms with Crippen LogP contribution in [0.4, 0.5) is 0 Å². The van der Waals surface area contributed by atoms with Crippen molar-refractivity contribution in [2.75, 3.05) is 26.8 Å². The van der Waals surface area contributed by atoms with Crippen LogP contribution in [-0.4, -0.2) is 52.4 Å². The Bertz CT molecular complexity index is 1070. The molecule has 2 aliphatic heterocycles. The van der Waals surface area contributed by atoms with Gasteiger partial charge in [0, 0.05) is 26.4 Å². The van der Waals surface area contributed by atoms with Gasteiger partial charge in [-0.2, -0.15) is 5.10 Å². The van der Waals surface area contributed by atoms with Crippen molar-refractivity contribution < 1.29 is 14.3 Å². The zero-order valence-corrected chi connectivity index (χ0v) is 17.7. The van der Waals surface area contributed by atoms with Gasteiger partial charge in [-0.3, -0.25) is 4.79 Å². The van der Waals surface area contributed by atoms with Crippen LogP contribution in [0.5, 0.6) is 0 Å². The summed E-state index contributed by atoms with van der Waals surface area (Å²) in [7, 11) is 1.62. The summed E-state index contributed by atoms with van der Waals surface area (Å²) in [5.41, 5.74) is 4.11. The highest BCUT2D eigenvalue weighted by Crippen LogP contribution is 2.41. The lowest BCUT2D eigenvalue weighted by atomic mass is 9.83. The molecule has 2 aliphatic rings. The highest BCUT2D eigenvalue weighted by Gasteiger charge is 2.44. The number of likely N-dealkylation sites (tertiary alicyclic amines) is 1. The molecule has 160 valence electrons. The molecule has 3 aromatic rings. The average molecular weight is 418 g/mol. The van der Waals surface area contributed by atoms with E-state index in [1.165, 1.54) is 5.56 Å². The first-order valence-corrected chi connectivity index (χ1v) is 10.7. The number of aromatic nitrogens is 3. The van der Waals surface area contributed by atoms with Gasteiger partial charge < -0.3 is 14.4 Å². The van der Waals surface area contributed by atoms with Gasteiger partial charge in [-0.25, -0.2) is 9.67 Å². The van der Waals surface area contributed by atoms with Crippen LogP contribution in [-0.2, 0) is 28.1 Å². The summed E-state index contributed by atoms with van der Waals surface area (Å²) in [4.78, 5) is 19.3. The smallest absolute Gasteiger partial charge is 0.272 e. The largest absolute Gasteiger partial charge is 0.378 e. The first-order chi connectivity index (χ1) is 15.2. The quantitative estimate of drug-likeness (QED) is 0.651. The molecule has 1 spiro atoms. The number of methoxy groups -OCH3 is 1. The Labute approximate surface area is 181 Å². The predicted octanol–water partition coefficient (Wildman–Crippen LogP) is 3.12. The first kappa shape index (κ1) is 19.9. The van der Waals surface area contributed by atoms with Crippen LogP contribution in [0, 0.1) is 0 Å². The van der Waals surface area contributed by atoms with Gasteiger partial charge in [-0.1, -0.05) is 24.3 Å². The van der Waals surface area contributed by atoms with Gasteiger partial charge in [0.25, 0.3) is 5.91 Å². The van der Waals surface area contributed by atoms with Crippen molar-refractivity contribution in [3.8, 4) is 5.69 Å². The zero-order chi connectivity index (χ0) is 21.3. The number of nitrogens with zero attached hydrogens (tertiary/aromatic N) is 4. The van der Waals surface area contributed by atoms with E-state index in [0.717, 1.165) is 36.3 Å². The fourth-order valence-electron chi connectivity index (χ4n) is 4.56. The molecule has 5 rings (SSSR count). The number of benzene rings is 1. The van der Waals surface area contributed by atoms with Crippen molar-refractivity contribution in [2.24, 2.45) is 0 Å². The molecule has 1 fully saturated rings. The number of fused-ring (bicyclic) bond motifs is 2. The predicted molar refractivity (Wildman–Crippen MR) is 115 cm³/mol. The van der Waals surface area contributed by atoms with Gasteiger partial charge in [0.05, 0.1) is 30.3 Å². The van der Waals surface area contributed by atoms with Crippen molar-refractivity contribution in [1.29, 1.82) is 0 Å². The number of piperidine rings is 1. The summed E-state index contributed by atoms with van der Waals surface area (Å²) in [5, 5.41) is 4.92. The van der Waals surface area contributed by atoms with Gasteiger partial charge in [0.2, 0.25) is 0 Å². The number of hydrogen-bond donors (Lipinski definition) is 0. The highest BCUT2D eigenvalue weighted by atomic mass is 16.5. The minimum Gasteiger partial charge on any atom is -0.378 e. The van der Waals surface area contributed by atoms with Crippen molar-refractivity contribution in [1.82, 2.24) is 19.7 Å². The maximum Gasteiger partial charge on any atom is 0.272 e. The molecule has 1 saturated heterocycles. The van der Waals surface area contributed by atoms with Gasteiger partial charge in [-0.05, 0) is 49.1 Å². The molecule has 1 amide bonds. The second-order valence-electron chi connectivity index (χ2n) is 8.12. The normalized spacial score (nSPS) is 17.5. The SMILES string of the molecule is COCc1cccc(C(=O)N2CCC3(CC2)OCCc2cn(-c4ccccc4)nc23)n1. The summed E-state index contributed by atoms with van der Waals surface area (Å²) >= 11 is 0. The molecule has 2 aromatic heterocycles. The van der Waals surface area contributed by atoms with E-state index >= 15 is 0 Å². The zero-order valence-electron chi connectivity index (χ0n) is 17.7. The number of carbonyl (C=O) groups is 1. The Balaban J connectivity index is 1.34. The number of ether oxygens (including phenoxy) is 2. The molecule has 0 saturated carbocycles. The number of rotatable bonds is 4. The van der Waals surface area contributed by atoms with Crippen molar-refractivity contribution >= 4 is 5.91 Å². The van der Waals surface area contributed by atoms with Gasteiger partial charge in [-0.15, -0.1) is 0 Å².